The van der Waals surface area contributed by atoms with Gasteiger partial charge < -0.3 is 25.8 Å². The summed E-state index contributed by atoms with van der Waals surface area (Å²) in [5, 5.41) is 22.6. The smallest absolute Gasteiger partial charge is 0.335 e. The summed E-state index contributed by atoms with van der Waals surface area (Å²) in [5.41, 5.74) is 3.17. The van der Waals surface area contributed by atoms with E-state index in [1.54, 1.807) is 61.5 Å². The van der Waals surface area contributed by atoms with E-state index in [2.05, 4.69) is 26.0 Å². The Hall–Kier alpha value is -5.75. The van der Waals surface area contributed by atoms with Crippen molar-refractivity contribution < 1.29 is 29.0 Å². The number of hydrogen-bond donors (Lipinski definition) is 4. The third kappa shape index (κ3) is 5.73. The topological polar surface area (TPSA) is 164 Å². The number of carboxylic acid groups (broad SMARTS) is 1. The maximum Gasteiger partial charge on any atom is 0.335 e. The summed E-state index contributed by atoms with van der Waals surface area (Å²) in [5.74, 6) is -2.28. The molecule has 0 bridgehead atoms. The van der Waals surface area contributed by atoms with Gasteiger partial charge in [-0.05, 0) is 66.8 Å². The summed E-state index contributed by atoms with van der Waals surface area (Å²) in [7, 11) is 1.51. The van der Waals surface area contributed by atoms with Crippen molar-refractivity contribution in [3.8, 4) is 5.75 Å². The Bertz CT molecular complexity index is 2060. The molecule has 0 fully saturated rings. The fourth-order valence-corrected chi connectivity index (χ4v) is 5.73. The lowest BCUT2D eigenvalue weighted by atomic mass is 9.98. The zero-order chi connectivity index (χ0) is 32.5. The van der Waals surface area contributed by atoms with Gasteiger partial charge in [0.15, 0.2) is 5.65 Å². The Morgan fingerprint density at radius 1 is 0.957 bits per heavy atom. The van der Waals surface area contributed by atoms with Crippen LogP contribution in [0.3, 0.4) is 0 Å². The molecule has 232 valence electrons. The first-order valence-electron chi connectivity index (χ1n) is 14.2. The number of rotatable bonds is 8. The maximum absolute atomic E-state index is 13.9. The highest BCUT2D eigenvalue weighted by atomic mass is 35.5. The second-order valence-electron chi connectivity index (χ2n) is 10.6. The van der Waals surface area contributed by atoms with Gasteiger partial charge in [-0.25, -0.2) is 14.3 Å². The average molecular weight is 639 g/mol. The molecule has 0 spiro atoms. The molecule has 0 radical (unpaired) electrons. The molecule has 4 N–H and O–H groups in total. The second kappa shape index (κ2) is 12.3. The number of halogens is 1. The molecule has 2 aromatic heterocycles. The van der Waals surface area contributed by atoms with Crippen LogP contribution in [0.5, 0.6) is 5.75 Å². The number of aromatic carboxylic acids is 1. The summed E-state index contributed by atoms with van der Waals surface area (Å²) in [6.07, 6.45) is 2.39. The van der Waals surface area contributed by atoms with E-state index < -0.39 is 29.7 Å². The Kier molecular flexibility index (Phi) is 8.12. The van der Waals surface area contributed by atoms with E-state index in [0.717, 1.165) is 11.1 Å². The van der Waals surface area contributed by atoms with E-state index in [1.165, 1.54) is 30.0 Å². The minimum Gasteiger partial charge on any atom is -0.497 e. The lowest BCUT2D eigenvalue weighted by Gasteiger charge is -2.16. The fraction of sp³-hybridized carbons (Fsp3) is 0.152. The third-order valence-corrected chi connectivity index (χ3v) is 8.19. The number of nitrogens with zero attached hydrogens (tertiary/aromatic N) is 3. The van der Waals surface area contributed by atoms with Crippen molar-refractivity contribution in [1.82, 2.24) is 19.9 Å². The highest BCUT2D eigenvalue weighted by Crippen LogP contribution is 2.35. The van der Waals surface area contributed by atoms with Gasteiger partial charge in [0.25, 0.3) is 17.7 Å². The minimum atomic E-state index is -1.01. The average Bonchev–Trinajstić information content (AvgIpc) is 3.66. The summed E-state index contributed by atoms with van der Waals surface area (Å²) in [4.78, 5) is 56.8. The number of aromatic nitrogens is 3. The van der Waals surface area contributed by atoms with Crippen molar-refractivity contribution in [3.63, 3.8) is 0 Å². The number of anilines is 2. The van der Waals surface area contributed by atoms with Crippen molar-refractivity contribution >= 4 is 52.3 Å². The molecule has 3 aromatic carbocycles. The zero-order valence-electron chi connectivity index (χ0n) is 24.6. The molecule has 46 heavy (non-hydrogen) atoms. The number of fused-ring (bicyclic) bond motifs is 2. The molecule has 1 atom stereocenters. The highest BCUT2D eigenvalue weighted by molar-refractivity contribution is 6.34. The predicted octanol–water partition coefficient (Wildman–Crippen LogP) is 5.32. The molecule has 0 aliphatic heterocycles. The fourth-order valence-electron chi connectivity index (χ4n) is 5.54. The summed E-state index contributed by atoms with van der Waals surface area (Å²) >= 11 is 6.24. The van der Waals surface area contributed by atoms with Crippen LogP contribution in [-0.2, 0) is 6.42 Å². The van der Waals surface area contributed by atoms with E-state index in [-0.39, 0.29) is 28.2 Å². The third-order valence-electron chi connectivity index (χ3n) is 7.86. The molecular weight excluding hydrogens is 612 g/mol. The Morgan fingerprint density at radius 3 is 2.52 bits per heavy atom. The molecule has 0 saturated carbocycles. The van der Waals surface area contributed by atoms with E-state index in [4.69, 9.17) is 16.3 Å². The molecule has 13 heteroatoms. The van der Waals surface area contributed by atoms with Crippen LogP contribution in [0.15, 0.2) is 72.9 Å². The van der Waals surface area contributed by atoms with Gasteiger partial charge >= 0.3 is 5.97 Å². The van der Waals surface area contributed by atoms with E-state index >= 15 is 0 Å². The monoisotopic (exact) mass is 638 g/mol. The largest absolute Gasteiger partial charge is 0.497 e. The van der Waals surface area contributed by atoms with Gasteiger partial charge in [0.1, 0.15) is 22.7 Å². The van der Waals surface area contributed by atoms with Crippen LogP contribution < -0.4 is 20.7 Å². The molecule has 1 aliphatic carbocycles. The van der Waals surface area contributed by atoms with Gasteiger partial charge in [0.05, 0.1) is 35.6 Å². The van der Waals surface area contributed by atoms with Crippen LogP contribution in [0.4, 0.5) is 11.4 Å². The minimum absolute atomic E-state index is 0.00744. The van der Waals surface area contributed by atoms with Crippen molar-refractivity contribution in [3.05, 3.63) is 117 Å². The van der Waals surface area contributed by atoms with Gasteiger partial charge in [0.2, 0.25) is 0 Å². The number of benzene rings is 3. The van der Waals surface area contributed by atoms with Gasteiger partial charge in [-0.15, -0.1) is 0 Å². The molecule has 2 heterocycles. The number of methoxy groups -OCH3 is 1. The number of hydrogen-bond acceptors (Lipinski definition) is 7. The van der Waals surface area contributed by atoms with Crippen molar-refractivity contribution in [2.75, 3.05) is 17.7 Å². The molecule has 0 saturated heterocycles. The maximum atomic E-state index is 13.9. The molecule has 5 aromatic rings. The van der Waals surface area contributed by atoms with Crippen molar-refractivity contribution in [1.29, 1.82) is 0 Å². The lowest BCUT2D eigenvalue weighted by Crippen LogP contribution is -2.30. The molecule has 6 rings (SSSR count). The Balaban J connectivity index is 1.37. The van der Waals surface area contributed by atoms with E-state index in [9.17, 15) is 24.3 Å². The lowest BCUT2D eigenvalue weighted by molar-refractivity contribution is 0.0695. The van der Waals surface area contributed by atoms with Crippen LogP contribution in [0.1, 0.15) is 70.8 Å². The number of carbonyl (C=O) groups is 4. The van der Waals surface area contributed by atoms with Gasteiger partial charge in [0, 0.05) is 17.8 Å². The van der Waals surface area contributed by atoms with E-state index in [0.29, 0.717) is 40.6 Å². The normalized spacial score (nSPS) is 13.6. The summed E-state index contributed by atoms with van der Waals surface area (Å²) in [6, 6.07) is 17.5. The van der Waals surface area contributed by atoms with Gasteiger partial charge in [-0.1, -0.05) is 35.9 Å². The second-order valence-corrected chi connectivity index (χ2v) is 11.0. The number of ether oxygens (including phenoxy) is 1. The SMILES string of the molecule is COc1cccc(NC(=O)c2cc(C(=O)N[C@H]3CCc4c3ccc(C(=O)O)c4C)n3ncc(C(=O)Nc4ccccc4Cl)c3n2)c1. The zero-order valence-corrected chi connectivity index (χ0v) is 25.4. The van der Waals surface area contributed by atoms with Crippen molar-refractivity contribution in [2.24, 2.45) is 0 Å². The number of carbonyl (C=O) groups excluding carboxylic acids is 3. The number of nitrogens with one attached hydrogen (secondary N) is 3. The molecule has 1 aliphatic rings. The first-order valence-corrected chi connectivity index (χ1v) is 14.6. The quantitative estimate of drug-likeness (QED) is 0.177. The summed E-state index contributed by atoms with van der Waals surface area (Å²) in [6.45, 7) is 1.76. The van der Waals surface area contributed by atoms with Crippen LogP contribution in [0, 0.1) is 6.92 Å². The van der Waals surface area contributed by atoms with Gasteiger partial charge in [-0.3, -0.25) is 14.4 Å². The van der Waals surface area contributed by atoms with Crippen molar-refractivity contribution in [2.45, 2.75) is 25.8 Å². The Morgan fingerprint density at radius 2 is 1.76 bits per heavy atom. The van der Waals surface area contributed by atoms with Crippen LogP contribution in [0.25, 0.3) is 5.65 Å². The molecule has 12 nitrogen and oxygen atoms in total. The van der Waals surface area contributed by atoms with Crippen LogP contribution in [0.2, 0.25) is 5.02 Å². The first kappa shape index (κ1) is 30.3. The van der Waals surface area contributed by atoms with Crippen LogP contribution >= 0.6 is 11.6 Å². The first-order chi connectivity index (χ1) is 22.1. The van der Waals surface area contributed by atoms with E-state index in [1.807, 2.05) is 0 Å². The van der Waals surface area contributed by atoms with Crippen LogP contribution in [-0.4, -0.2) is 50.5 Å². The predicted molar refractivity (Wildman–Crippen MR) is 170 cm³/mol. The number of para-hydroxylation sites is 1. The standard InChI is InChI=1S/C33H27ClN6O6/c1-17-20-12-13-25(22(20)11-10-21(17)33(44)45)38-32(43)28-15-27(31(42)36-18-6-5-7-19(14-18)46-2)37-29-23(16-35-40(28)29)30(41)39-26-9-4-3-8-24(26)34/h3-11,14-16,25H,12-13H2,1-2H3,(H,36,42)(H,38,43)(H,39,41)(H,44,45)/t25-/m0/s1. The summed E-state index contributed by atoms with van der Waals surface area (Å²) < 4.78 is 6.44. The number of carboxylic acids is 1. The van der Waals surface area contributed by atoms with Gasteiger partial charge in [-0.2, -0.15) is 5.10 Å². The Labute approximate surface area is 267 Å². The molecule has 3 amide bonds. The highest BCUT2D eigenvalue weighted by Gasteiger charge is 2.30. The number of amides is 3. The molecule has 0 unspecified atom stereocenters. The molecular formula is C33H27ClN6O6.